The van der Waals surface area contributed by atoms with E-state index in [0.717, 1.165) is 21.5 Å². The van der Waals surface area contributed by atoms with Crippen molar-refractivity contribution in [2.24, 2.45) is 0 Å². The SMILES string of the molecule is Cc1cc(SC(C)C(=O)Nc2cc([N+](=O)[O-])ccc2Cl)nc2ccccc12. The average Bonchev–Trinajstić information content (AvgIpc) is 2.63. The number of carbonyl (C=O) groups excluding carboxylic acids is 1. The fraction of sp³-hybridized carbons (Fsp3) is 0.158. The van der Waals surface area contributed by atoms with Gasteiger partial charge in [-0.15, -0.1) is 0 Å². The first-order valence-electron chi connectivity index (χ1n) is 8.13. The van der Waals surface area contributed by atoms with Crippen LogP contribution >= 0.6 is 23.4 Å². The first-order chi connectivity index (χ1) is 12.8. The Kier molecular flexibility index (Phi) is 5.62. The van der Waals surface area contributed by atoms with E-state index in [1.54, 1.807) is 6.92 Å². The summed E-state index contributed by atoms with van der Waals surface area (Å²) >= 11 is 7.36. The van der Waals surface area contributed by atoms with Crippen molar-refractivity contribution in [1.29, 1.82) is 0 Å². The minimum Gasteiger partial charge on any atom is -0.324 e. The molecular formula is C19H16ClN3O3S. The molecule has 3 rings (SSSR count). The molecule has 1 N–H and O–H groups in total. The lowest BCUT2D eigenvalue weighted by Crippen LogP contribution is -2.22. The van der Waals surface area contributed by atoms with E-state index in [-0.39, 0.29) is 22.3 Å². The molecule has 1 heterocycles. The Balaban J connectivity index is 1.77. The van der Waals surface area contributed by atoms with E-state index < -0.39 is 10.2 Å². The second-order valence-electron chi connectivity index (χ2n) is 5.97. The molecule has 0 bridgehead atoms. The van der Waals surface area contributed by atoms with Gasteiger partial charge in [0, 0.05) is 17.5 Å². The van der Waals surface area contributed by atoms with E-state index in [1.165, 1.54) is 30.0 Å². The molecule has 8 heteroatoms. The number of carbonyl (C=O) groups is 1. The number of hydrogen-bond donors (Lipinski definition) is 1. The fourth-order valence-corrected chi connectivity index (χ4v) is 3.66. The third-order valence-corrected chi connectivity index (χ3v) is 5.33. The fourth-order valence-electron chi connectivity index (χ4n) is 2.57. The number of hydrogen-bond acceptors (Lipinski definition) is 5. The van der Waals surface area contributed by atoms with Crippen molar-refractivity contribution in [3.63, 3.8) is 0 Å². The number of nitrogens with one attached hydrogen (secondary N) is 1. The zero-order valence-electron chi connectivity index (χ0n) is 14.6. The summed E-state index contributed by atoms with van der Waals surface area (Å²) in [7, 11) is 0. The van der Waals surface area contributed by atoms with Gasteiger partial charge in [-0.2, -0.15) is 0 Å². The normalized spacial score (nSPS) is 12.0. The summed E-state index contributed by atoms with van der Waals surface area (Å²) in [4.78, 5) is 27.5. The number of aromatic nitrogens is 1. The van der Waals surface area contributed by atoms with E-state index >= 15 is 0 Å². The van der Waals surface area contributed by atoms with Crippen LogP contribution in [-0.2, 0) is 4.79 Å². The van der Waals surface area contributed by atoms with E-state index in [1.807, 2.05) is 37.3 Å². The molecule has 0 fully saturated rings. The molecule has 0 aliphatic heterocycles. The first kappa shape index (κ1) is 19.1. The second-order valence-corrected chi connectivity index (χ2v) is 7.73. The zero-order chi connectivity index (χ0) is 19.6. The number of anilines is 1. The van der Waals surface area contributed by atoms with E-state index in [4.69, 9.17) is 11.6 Å². The van der Waals surface area contributed by atoms with Crippen molar-refractivity contribution in [1.82, 2.24) is 4.98 Å². The molecule has 0 aliphatic carbocycles. The van der Waals surface area contributed by atoms with Crippen LogP contribution in [0.25, 0.3) is 10.9 Å². The topological polar surface area (TPSA) is 85.1 Å². The third kappa shape index (κ3) is 4.37. The van der Waals surface area contributed by atoms with Crippen LogP contribution in [0.2, 0.25) is 5.02 Å². The number of fused-ring (bicyclic) bond motifs is 1. The minimum atomic E-state index is -0.536. The smallest absolute Gasteiger partial charge is 0.271 e. The minimum absolute atomic E-state index is 0.137. The molecule has 1 atom stereocenters. The maximum atomic E-state index is 12.5. The quantitative estimate of drug-likeness (QED) is 0.359. The number of thioether (sulfide) groups is 1. The van der Waals surface area contributed by atoms with Gasteiger partial charge >= 0.3 is 0 Å². The van der Waals surface area contributed by atoms with Crippen LogP contribution in [0.4, 0.5) is 11.4 Å². The van der Waals surface area contributed by atoms with Crippen LogP contribution in [0.5, 0.6) is 0 Å². The number of non-ortho nitro benzene ring substituents is 1. The first-order valence-corrected chi connectivity index (χ1v) is 9.39. The van der Waals surface area contributed by atoms with Gasteiger partial charge in [0.15, 0.2) is 0 Å². The number of aryl methyl sites for hydroxylation is 1. The molecule has 1 aromatic heterocycles. The number of nitrogens with zero attached hydrogens (tertiary/aromatic N) is 2. The molecule has 0 spiro atoms. The Morgan fingerprint density at radius 1 is 1.26 bits per heavy atom. The summed E-state index contributed by atoms with van der Waals surface area (Å²) in [6, 6.07) is 13.7. The molecule has 138 valence electrons. The van der Waals surface area contributed by atoms with Gasteiger partial charge in [0.25, 0.3) is 5.69 Å². The van der Waals surface area contributed by atoms with Crippen LogP contribution in [0, 0.1) is 17.0 Å². The third-order valence-electron chi connectivity index (χ3n) is 3.98. The van der Waals surface area contributed by atoms with Gasteiger partial charge in [-0.3, -0.25) is 14.9 Å². The lowest BCUT2D eigenvalue weighted by Gasteiger charge is -2.13. The van der Waals surface area contributed by atoms with Crippen LogP contribution in [0.15, 0.2) is 53.6 Å². The highest BCUT2D eigenvalue weighted by atomic mass is 35.5. The average molecular weight is 402 g/mol. The van der Waals surface area contributed by atoms with Crippen LogP contribution in [0.1, 0.15) is 12.5 Å². The Labute approximate surface area is 165 Å². The Morgan fingerprint density at radius 3 is 2.74 bits per heavy atom. The van der Waals surface area contributed by atoms with Crippen molar-refractivity contribution in [2.45, 2.75) is 24.1 Å². The van der Waals surface area contributed by atoms with Gasteiger partial charge in [0.05, 0.1) is 31.4 Å². The van der Waals surface area contributed by atoms with Crippen molar-refractivity contribution in [3.05, 3.63) is 69.2 Å². The summed E-state index contributed by atoms with van der Waals surface area (Å²) in [5, 5.41) is 15.1. The highest BCUT2D eigenvalue weighted by Crippen LogP contribution is 2.30. The summed E-state index contributed by atoms with van der Waals surface area (Å²) in [5.41, 5.74) is 2.03. The van der Waals surface area contributed by atoms with Crippen molar-refractivity contribution in [2.75, 3.05) is 5.32 Å². The highest BCUT2D eigenvalue weighted by Gasteiger charge is 2.18. The van der Waals surface area contributed by atoms with E-state index in [9.17, 15) is 14.9 Å². The monoisotopic (exact) mass is 401 g/mol. The predicted molar refractivity (Wildman–Crippen MR) is 109 cm³/mol. The second kappa shape index (κ2) is 7.94. The largest absolute Gasteiger partial charge is 0.324 e. The van der Waals surface area contributed by atoms with Gasteiger partial charge in [0.2, 0.25) is 5.91 Å². The summed E-state index contributed by atoms with van der Waals surface area (Å²) < 4.78 is 0. The number of halogens is 1. The molecule has 0 aliphatic rings. The zero-order valence-corrected chi connectivity index (χ0v) is 16.2. The molecule has 0 radical (unpaired) electrons. The lowest BCUT2D eigenvalue weighted by molar-refractivity contribution is -0.384. The number of rotatable bonds is 5. The molecule has 1 unspecified atom stereocenters. The molecule has 1 amide bonds. The molecule has 3 aromatic rings. The van der Waals surface area contributed by atoms with Crippen molar-refractivity contribution >= 4 is 51.5 Å². The number of pyridine rings is 1. The summed E-state index contributed by atoms with van der Waals surface area (Å²) in [6.45, 7) is 3.75. The predicted octanol–water partition coefficient (Wildman–Crippen LogP) is 5.22. The maximum Gasteiger partial charge on any atom is 0.271 e. The van der Waals surface area contributed by atoms with Crippen LogP contribution in [-0.4, -0.2) is 21.1 Å². The van der Waals surface area contributed by atoms with Gasteiger partial charge in [0.1, 0.15) is 0 Å². The van der Waals surface area contributed by atoms with Crippen molar-refractivity contribution in [3.8, 4) is 0 Å². The molecule has 0 saturated carbocycles. The molecule has 6 nitrogen and oxygen atoms in total. The molecular weight excluding hydrogens is 386 g/mol. The lowest BCUT2D eigenvalue weighted by atomic mass is 10.1. The molecule has 27 heavy (non-hydrogen) atoms. The molecule has 0 saturated heterocycles. The van der Waals surface area contributed by atoms with Crippen molar-refractivity contribution < 1.29 is 9.72 Å². The van der Waals surface area contributed by atoms with Gasteiger partial charge in [-0.05, 0) is 37.6 Å². The van der Waals surface area contributed by atoms with Gasteiger partial charge < -0.3 is 5.32 Å². The highest BCUT2D eigenvalue weighted by molar-refractivity contribution is 8.00. The van der Waals surface area contributed by atoms with E-state index in [0.29, 0.717) is 0 Å². The van der Waals surface area contributed by atoms with E-state index in [2.05, 4.69) is 10.3 Å². The number of nitro groups is 1. The maximum absolute atomic E-state index is 12.5. The Hall–Kier alpha value is -2.64. The van der Waals surface area contributed by atoms with Crippen LogP contribution in [0.3, 0.4) is 0 Å². The van der Waals surface area contributed by atoms with Gasteiger partial charge in [-0.25, -0.2) is 4.98 Å². The van der Waals surface area contributed by atoms with Crippen LogP contribution < -0.4 is 5.32 Å². The number of amides is 1. The Bertz CT molecular complexity index is 1040. The number of para-hydroxylation sites is 1. The van der Waals surface area contributed by atoms with Gasteiger partial charge in [-0.1, -0.05) is 41.6 Å². The number of benzene rings is 2. The summed E-state index contributed by atoms with van der Waals surface area (Å²) in [6.07, 6.45) is 0. The molecule has 2 aromatic carbocycles. The number of nitro benzene ring substituents is 1. The summed E-state index contributed by atoms with van der Waals surface area (Å²) in [5.74, 6) is -0.310. The Morgan fingerprint density at radius 2 is 2.00 bits per heavy atom. The standard InChI is InChI=1S/C19H16ClN3O3S/c1-11-9-18(21-16-6-4-3-5-14(11)16)27-12(2)19(24)22-17-10-13(23(25)26)7-8-15(17)20/h3-10,12H,1-2H3,(H,22,24).